The van der Waals surface area contributed by atoms with Gasteiger partial charge in [0.2, 0.25) is 11.7 Å². The van der Waals surface area contributed by atoms with Gasteiger partial charge in [-0.15, -0.1) is 0 Å². The van der Waals surface area contributed by atoms with Crippen molar-refractivity contribution >= 4 is 17.4 Å². The summed E-state index contributed by atoms with van der Waals surface area (Å²) in [6.45, 7) is 8.08. The van der Waals surface area contributed by atoms with Gasteiger partial charge in [-0.25, -0.2) is 9.94 Å². The van der Waals surface area contributed by atoms with Crippen molar-refractivity contribution in [1.82, 2.24) is 24.6 Å². The molecular weight excluding hydrogens is 464 g/mol. The van der Waals surface area contributed by atoms with Gasteiger partial charge in [0.05, 0.1) is 17.8 Å². The van der Waals surface area contributed by atoms with Crippen LogP contribution in [0.25, 0.3) is 16.9 Å². The number of nitrogens with one attached hydrogen (secondary N) is 1. The molecule has 1 atom stereocenters. The van der Waals surface area contributed by atoms with Crippen molar-refractivity contribution in [3.63, 3.8) is 0 Å². The molecule has 0 saturated heterocycles. The van der Waals surface area contributed by atoms with Gasteiger partial charge in [-0.2, -0.15) is 15.2 Å². The number of hydrogen-bond acceptors (Lipinski definition) is 5. The van der Waals surface area contributed by atoms with Crippen molar-refractivity contribution in [2.24, 2.45) is 5.10 Å². The van der Waals surface area contributed by atoms with E-state index in [4.69, 9.17) is 0 Å². The summed E-state index contributed by atoms with van der Waals surface area (Å²) < 4.78 is 3.65. The number of hydrogen-bond donors (Lipinski definition) is 1. The molecule has 2 aromatic heterocycles. The molecule has 5 rings (SSSR count). The van der Waals surface area contributed by atoms with Crippen LogP contribution in [0.3, 0.4) is 0 Å². The van der Waals surface area contributed by atoms with E-state index < -0.39 is 0 Å². The van der Waals surface area contributed by atoms with E-state index in [0.717, 1.165) is 52.8 Å². The Morgan fingerprint density at radius 3 is 2.51 bits per heavy atom. The Morgan fingerprint density at radius 2 is 1.84 bits per heavy atom. The summed E-state index contributed by atoms with van der Waals surface area (Å²) in [6.07, 6.45) is 3.11. The second kappa shape index (κ2) is 10.1. The van der Waals surface area contributed by atoms with Gasteiger partial charge in [-0.05, 0) is 49.4 Å². The van der Waals surface area contributed by atoms with Crippen molar-refractivity contribution in [1.29, 1.82) is 0 Å². The highest BCUT2D eigenvalue weighted by molar-refractivity contribution is 6.16. The molecular formula is C29H32N6O2. The lowest BCUT2D eigenvalue weighted by atomic mass is 9.91. The molecule has 0 saturated carbocycles. The maximum Gasteiger partial charge on any atom is 0.259 e. The van der Waals surface area contributed by atoms with Gasteiger partial charge < -0.3 is 0 Å². The summed E-state index contributed by atoms with van der Waals surface area (Å²) in [5, 5.41) is 8.98. The number of carbonyl (C=O) groups is 1. The summed E-state index contributed by atoms with van der Waals surface area (Å²) in [6, 6.07) is 16.3. The average molecular weight is 497 g/mol. The maximum absolute atomic E-state index is 14.0. The minimum Gasteiger partial charge on any atom is -0.274 e. The Hall–Kier alpha value is -4.07. The molecule has 1 N–H and O–H groups in total. The van der Waals surface area contributed by atoms with Crippen molar-refractivity contribution in [2.75, 3.05) is 0 Å². The van der Waals surface area contributed by atoms with E-state index in [0.29, 0.717) is 23.7 Å². The monoisotopic (exact) mass is 496 g/mol. The number of benzene rings is 2. The van der Waals surface area contributed by atoms with Crippen LogP contribution in [-0.2, 0) is 17.6 Å². The van der Waals surface area contributed by atoms with Gasteiger partial charge in [0.15, 0.2) is 0 Å². The van der Waals surface area contributed by atoms with Gasteiger partial charge in [0, 0.05) is 23.6 Å². The SMILES string of the molecule is CCCc1c(Cc2ccc(-c3ccccc3)c(C3=NNC(=O)C3)c2)c(=O)n(C(C)CC)c2nc(C)nn12. The van der Waals surface area contributed by atoms with E-state index in [2.05, 4.69) is 52.7 Å². The third-order valence-corrected chi connectivity index (χ3v) is 7.01. The largest absolute Gasteiger partial charge is 0.274 e. The Bertz CT molecular complexity index is 1570. The molecule has 3 heterocycles. The molecule has 37 heavy (non-hydrogen) atoms. The van der Waals surface area contributed by atoms with E-state index in [1.54, 1.807) is 4.57 Å². The van der Waals surface area contributed by atoms with Crippen molar-refractivity contribution in [3.05, 3.63) is 87.1 Å². The molecule has 0 fully saturated rings. The van der Waals surface area contributed by atoms with Gasteiger partial charge in [-0.3, -0.25) is 14.2 Å². The lowest BCUT2D eigenvalue weighted by Gasteiger charge is -2.19. The van der Waals surface area contributed by atoms with Crippen LogP contribution >= 0.6 is 0 Å². The molecule has 1 aliphatic rings. The number of rotatable bonds is 8. The molecule has 0 radical (unpaired) electrons. The fourth-order valence-electron chi connectivity index (χ4n) is 5.01. The fraction of sp³-hybridized carbons (Fsp3) is 0.345. The summed E-state index contributed by atoms with van der Waals surface area (Å²) in [5.41, 5.74) is 8.86. The topological polar surface area (TPSA) is 93.6 Å². The second-order valence-corrected chi connectivity index (χ2v) is 9.67. The summed E-state index contributed by atoms with van der Waals surface area (Å²) in [5.74, 6) is 1.14. The molecule has 0 bridgehead atoms. The number of amides is 1. The van der Waals surface area contributed by atoms with Crippen LogP contribution in [0, 0.1) is 6.92 Å². The summed E-state index contributed by atoms with van der Waals surface area (Å²) >= 11 is 0. The maximum atomic E-state index is 14.0. The predicted octanol–water partition coefficient (Wildman–Crippen LogP) is 4.60. The predicted molar refractivity (Wildman–Crippen MR) is 145 cm³/mol. The molecule has 0 aliphatic carbocycles. The highest BCUT2D eigenvalue weighted by Crippen LogP contribution is 2.28. The van der Waals surface area contributed by atoms with Crippen LogP contribution in [0.15, 0.2) is 58.4 Å². The van der Waals surface area contributed by atoms with Crippen LogP contribution in [0.1, 0.15) is 74.3 Å². The third kappa shape index (κ3) is 4.59. The summed E-state index contributed by atoms with van der Waals surface area (Å²) in [4.78, 5) is 30.6. The number of carbonyl (C=O) groups excluding carboxylic acids is 1. The van der Waals surface area contributed by atoms with E-state index in [1.807, 2.05) is 48.7 Å². The van der Waals surface area contributed by atoms with Crippen molar-refractivity contribution < 1.29 is 4.79 Å². The normalized spacial score (nSPS) is 14.2. The van der Waals surface area contributed by atoms with Gasteiger partial charge in [0.25, 0.3) is 5.56 Å². The first-order valence-electron chi connectivity index (χ1n) is 12.9. The van der Waals surface area contributed by atoms with Crippen molar-refractivity contribution in [2.45, 2.75) is 65.8 Å². The second-order valence-electron chi connectivity index (χ2n) is 9.67. The Kier molecular flexibility index (Phi) is 6.74. The summed E-state index contributed by atoms with van der Waals surface area (Å²) in [7, 11) is 0. The first-order chi connectivity index (χ1) is 17.9. The fourth-order valence-corrected chi connectivity index (χ4v) is 5.01. The Labute approximate surface area is 216 Å². The van der Waals surface area contributed by atoms with Crippen molar-refractivity contribution in [3.8, 4) is 11.1 Å². The zero-order chi connectivity index (χ0) is 26.1. The highest BCUT2D eigenvalue weighted by Gasteiger charge is 2.24. The first-order valence-corrected chi connectivity index (χ1v) is 12.9. The minimum absolute atomic E-state index is 0.00558. The average Bonchev–Trinajstić information content (AvgIpc) is 3.51. The molecule has 1 amide bonds. The lowest BCUT2D eigenvalue weighted by molar-refractivity contribution is -0.119. The number of aryl methyl sites for hydroxylation is 2. The van der Waals surface area contributed by atoms with Crippen LogP contribution in [-0.4, -0.2) is 30.8 Å². The molecule has 2 aromatic carbocycles. The first kappa shape index (κ1) is 24.6. The van der Waals surface area contributed by atoms with Gasteiger partial charge in [-0.1, -0.05) is 62.7 Å². The van der Waals surface area contributed by atoms with Gasteiger partial charge >= 0.3 is 0 Å². The highest BCUT2D eigenvalue weighted by atomic mass is 16.2. The molecule has 1 unspecified atom stereocenters. The molecule has 1 aliphatic heterocycles. The minimum atomic E-state index is -0.118. The van der Waals surface area contributed by atoms with E-state index >= 15 is 0 Å². The molecule has 190 valence electrons. The van der Waals surface area contributed by atoms with E-state index in [-0.39, 0.29) is 23.9 Å². The zero-order valence-electron chi connectivity index (χ0n) is 21.8. The van der Waals surface area contributed by atoms with E-state index in [9.17, 15) is 9.59 Å². The van der Waals surface area contributed by atoms with Crippen LogP contribution in [0.2, 0.25) is 0 Å². The number of nitrogens with zero attached hydrogens (tertiary/aromatic N) is 5. The standard InChI is InChI=1S/C29H32N6O2/c1-5-10-26-24(28(37)34(18(3)6-2)29-30-19(4)33-35(26)29)16-20-13-14-22(21-11-8-7-9-12-21)23(15-20)25-17-27(36)32-31-25/h7-9,11-15,18H,5-6,10,16-17H2,1-4H3,(H,32,36). The smallest absolute Gasteiger partial charge is 0.259 e. The van der Waals surface area contributed by atoms with Crippen LogP contribution in [0.5, 0.6) is 0 Å². The molecule has 0 spiro atoms. The van der Waals surface area contributed by atoms with Crippen LogP contribution in [0.4, 0.5) is 0 Å². The van der Waals surface area contributed by atoms with E-state index in [1.165, 1.54) is 0 Å². The van der Waals surface area contributed by atoms with Crippen LogP contribution < -0.4 is 11.0 Å². The number of hydrazone groups is 1. The van der Waals surface area contributed by atoms with Gasteiger partial charge in [0.1, 0.15) is 5.82 Å². The molecule has 4 aromatic rings. The number of fused-ring (bicyclic) bond motifs is 1. The Balaban J connectivity index is 1.68. The molecule has 8 nitrogen and oxygen atoms in total. The quantitative estimate of drug-likeness (QED) is 0.386. The Morgan fingerprint density at radius 1 is 1.05 bits per heavy atom. The third-order valence-electron chi connectivity index (χ3n) is 7.01. The number of aromatic nitrogens is 4. The lowest BCUT2D eigenvalue weighted by Crippen LogP contribution is -2.31. The molecule has 8 heteroatoms. The zero-order valence-corrected chi connectivity index (χ0v) is 21.8.